The molecular weight excluding hydrogens is 352 g/mol. The van der Waals surface area contributed by atoms with E-state index < -0.39 is 0 Å². The third-order valence-electron chi connectivity index (χ3n) is 6.15. The Morgan fingerprint density at radius 1 is 0.448 bits per heavy atom. The van der Waals surface area contributed by atoms with Crippen molar-refractivity contribution < 1.29 is 0 Å². The van der Waals surface area contributed by atoms with Crippen LogP contribution < -0.4 is 0 Å². The molecule has 0 aliphatic carbocycles. The Kier molecular flexibility index (Phi) is 3.70. The lowest BCUT2D eigenvalue weighted by Crippen LogP contribution is -1.92. The minimum absolute atomic E-state index is 1.07. The maximum absolute atomic E-state index is 3.64. The van der Waals surface area contributed by atoms with Crippen LogP contribution in [-0.4, -0.2) is 9.97 Å². The molecule has 2 N–H and O–H groups in total. The third kappa shape index (κ3) is 2.64. The molecule has 0 bridgehead atoms. The van der Waals surface area contributed by atoms with E-state index in [0.29, 0.717) is 0 Å². The number of para-hydroxylation sites is 4. The van der Waals surface area contributed by atoms with Crippen LogP contribution in [0.1, 0.15) is 17.5 Å². The molecule has 0 atom stereocenters. The van der Waals surface area contributed by atoms with Gasteiger partial charge in [0.05, 0.1) is 0 Å². The monoisotopic (exact) mass is 374 g/mol. The van der Waals surface area contributed by atoms with Crippen molar-refractivity contribution >= 4 is 43.6 Å². The molecule has 2 heteroatoms. The molecular formula is C27H22N2. The Labute approximate surface area is 169 Å². The third-order valence-corrected chi connectivity index (χ3v) is 6.15. The van der Waals surface area contributed by atoms with Gasteiger partial charge in [-0.3, -0.25) is 0 Å². The van der Waals surface area contributed by atoms with E-state index in [9.17, 15) is 0 Å². The Bertz CT molecular complexity index is 1370. The minimum atomic E-state index is 1.07. The van der Waals surface area contributed by atoms with Gasteiger partial charge in [0.2, 0.25) is 0 Å². The Balaban J connectivity index is 1.32. The number of aryl methyl sites for hydroxylation is 2. The van der Waals surface area contributed by atoms with Crippen LogP contribution in [0.4, 0.5) is 0 Å². The maximum Gasteiger partial charge on any atom is 0.0497 e. The second-order valence-corrected chi connectivity index (χ2v) is 7.87. The molecule has 0 amide bonds. The van der Waals surface area contributed by atoms with Crippen LogP contribution in [-0.2, 0) is 12.8 Å². The summed E-state index contributed by atoms with van der Waals surface area (Å²) < 4.78 is 0. The lowest BCUT2D eigenvalue weighted by molar-refractivity contribution is 0.827. The first-order chi connectivity index (χ1) is 14.4. The smallest absolute Gasteiger partial charge is 0.0497 e. The fraction of sp³-hybridized carbons (Fsp3) is 0.111. The van der Waals surface area contributed by atoms with Crippen LogP contribution in [0, 0.1) is 0 Å². The summed E-state index contributed by atoms with van der Waals surface area (Å²) >= 11 is 0. The highest BCUT2D eigenvalue weighted by atomic mass is 14.7. The van der Waals surface area contributed by atoms with E-state index in [1.807, 2.05) is 0 Å². The Morgan fingerprint density at radius 3 is 1.41 bits per heavy atom. The van der Waals surface area contributed by atoms with Crippen molar-refractivity contribution in [1.29, 1.82) is 0 Å². The van der Waals surface area contributed by atoms with E-state index in [1.165, 1.54) is 54.7 Å². The van der Waals surface area contributed by atoms with Crippen LogP contribution >= 0.6 is 0 Å². The number of fused-ring (bicyclic) bond motifs is 6. The molecule has 0 unspecified atom stereocenters. The second kappa shape index (κ2) is 6.52. The van der Waals surface area contributed by atoms with Gasteiger partial charge in [0.15, 0.2) is 0 Å². The molecule has 0 aliphatic heterocycles. The minimum Gasteiger partial charge on any atom is -0.354 e. The van der Waals surface area contributed by atoms with E-state index in [4.69, 9.17) is 0 Å². The average Bonchev–Trinajstić information content (AvgIpc) is 3.33. The summed E-state index contributed by atoms with van der Waals surface area (Å²) in [7, 11) is 0. The largest absolute Gasteiger partial charge is 0.354 e. The second-order valence-electron chi connectivity index (χ2n) is 7.87. The molecule has 2 heterocycles. The summed E-state index contributed by atoms with van der Waals surface area (Å²) in [5.41, 5.74) is 7.83. The molecule has 0 radical (unpaired) electrons. The first-order valence-corrected chi connectivity index (χ1v) is 10.3. The van der Waals surface area contributed by atoms with Crippen molar-refractivity contribution in [2.45, 2.75) is 19.3 Å². The fourth-order valence-electron chi connectivity index (χ4n) is 4.75. The summed E-state index contributed by atoms with van der Waals surface area (Å²) in [4.78, 5) is 7.27. The number of aromatic amines is 2. The molecule has 0 spiro atoms. The van der Waals surface area contributed by atoms with Crippen molar-refractivity contribution in [2.24, 2.45) is 0 Å². The molecule has 2 aromatic heterocycles. The molecule has 140 valence electrons. The zero-order valence-electron chi connectivity index (χ0n) is 16.2. The van der Waals surface area contributed by atoms with E-state index >= 15 is 0 Å². The Morgan fingerprint density at radius 2 is 0.897 bits per heavy atom. The first-order valence-electron chi connectivity index (χ1n) is 10.3. The van der Waals surface area contributed by atoms with Crippen molar-refractivity contribution in [3.63, 3.8) is 0 Å². The van der Waals surface area contributed by atoms with Gasteiger partial charge in [0, 0.05) is 43.6 Å². The first kappa shape index (κ1) is 16.4. The standard InChI is InChI=1S/C27H22N2/c1-3-16-24-20(12-1)22-14-6-10-18(26(22)28-24)8-5-9-19-11-7-15-23-21-13-2-4-17-25(21)29-27(19)23/h1-4,6-7,10-17,28-29H,5,8-9H2. The molecule has 2 nitrogen and oxygen atoms in total. The van der Waals surface area contributed by atoms with Gasteiger partial charge in [0.1, 0.15) is 0 Å². The van der Waals surface area contributed by atoms with Gasteiger partial charge in [-0.05, 0) is 42.5 Å². The molecule has 6 aromatic rings. The summed E-state index contributed by atoms with van der Waals surface area (Å²) in [5.74, 6) is 0. The molecule has 0 saturated carbocycles. The quantitative estimate of drug-likeness (QED) is 0.329. The van der Waals surface area contributed by atoms with Gasteiger partial charge in [-0.1, -0.05) is 72.8 Å². The number of hydrogen-bond acceptors (Lipinski definition) is 0. The van der Waals surface area contributed by atoms with Gasteiger partial charge in [-0.15, -0.1) is 0 Å². The van der Waals surface area contributed by atoms with Crippen LogP contribution in [0.5, 0.6) is 0 Å². The lowest BCUT2D eigenvalue weighted by atomic mass is 10.00. The fourth-order valence-corrected chi connectivity index (χ4v) is 4.75. The number of H-pyrrole nitrogens is 2. The van der Waals surface area contributed by atoms with E-state index in [-0.39, 0.29) is 0 Å². The highest BCUT2D eigenvalue weighted by Gasteiger charge is 2.10. The zero-order valence-corrected chi connectivity index (χ0v) is 16.2. The molecule has 4 aromatic carbocycles. The van der Waals surface area contributed by atoms with Gasteiger partial charge >= 0.3 is 0 Å². The lowest BCUT2D eigenvalue weighted by Gasteiger charge is -2.06. The molecule has 0 saturated heterocycles. The number of aromatic nitrogens is 2. The number of rotatable bonds is 4. The SMILES string of the molecule is c1ccc2c(c1)[nH]c1c(CCCc3cccc4c3[nH]c3ccccc34)cccc12. The summed E-state index contributed by atoms with van der Waals surface area (Å²) in [6.07, 6.45) is 3.27. The van der Waals surface area contributed by atoms with Crippen LogP contribution in [0.15, 0.2) is 84.9 Å². The highest BCUT2D eigenvalue weighted by Crippen LogP contribution is 2.30. The summed E-state index contributed by atoms with van der Waals surface area (Å²) in [5, 5.41) is 5.28. The predicted molar refractivity (Wildman–Crippen MR) is 124 cm³/mol. The predicted octanol–water partition coefficient (Wildman–Crippen LogP) is 7.13. The average molecular weight is 374 g/mol. The van der Waals surface area contributed by atoms with Crippen molar-refractivity contribution in [3.05, 3.63) is 96.1 Å². The van der Waals surface area contributed by atoms with Crippen molar-refractivity contribution in [2.75, 3.05) is 0 Å². The van der Waals surface area contributed by atoms with E-state index in [1.54, 1.807) is 0 Å². The topological polar surface area (TPSA) is 31.6 Å². The van der Waals surface area contributed by atoms with E-state index in [0.717, 1.165) is 19.3 Å². The number of benzene rings is 4. The van der Waals surface area contributed by atoms with E-state index in [2.05, 4.69) is 94.9 Å². The van der Waals surface area contributed by atoms with Gasteiger partial charge in [-0.25, -0.2) is 0 Å². The van der Waals surface area contributed by atoms with Crippen LogP contribution in [0.3, 0.4) is 0 Å². The molecule has 0 aliphatic rings. The molecule has 0 fully saturated rings. The van der Waals surface area contributed by atoms with Gasteiger partial charge in [0.25, 0.3) is 0 Å². The highest BCUT2D eigenvalue weighted by molar-refractivity contribution is 6.09. The molecule has 6 rings (SSSR count). The van der Waals surface area contributed by atoms with Crippen molar-refractivity contribution in [3.8, 4) is 0 Å². The number of hydrogen-bond donors (Lipinski definition) is 2. The molecule has 29 heavy (non-hydrogen) atoms. The normalized spacial score (nSPS) is 11.9. The van der Waals surface area contributed by atoms with Gasteiger partial charge < -0.3 is 9.97 Å². The van der Waals surface area contributed by atoms with Crippen LogP contribution in [0.2, 0.25) is 0 Å². The van der Waals surface area contributed by atoms with Crippen LogP contribution in [0.25, 0.3) is 43.6 Å². The Hall–Kier alpha value is -3.52. The summed E-state index contributed by atoms with van der Waals surface area (Å²) in [6.45, 7) is 0. The summed E-state index contributed by atoms with van der Waals surface area (Å²) in [6, 6.07) is 30.5. The van der Waals surface area contributed by atoms with Crippen molar-refractivity contribution in [1.82, 2.24) is 9.97 Å². The van der Waals surface area contributed by atoms with Gasteiger partial charge in [-0.2, -0.15) is 0 Å². The maximum atomic E-state index is 3.64. The zero-order chi connectivity index (χ0) is 19.2. The number of nitrogens with one attached hydrogen (secondary N) is 2.